The number of hydrogen-bond donors (Lipinski definition) is 0. The predicted molar refractivity (Wildman–Crippen MR) is 81.7 cm³/mol. The number of nitrogens with zero attached hydrogens (tertiary/aromatic N) is 2. The molecule has 22 heavy (non-hydrogen) atoms. The summed E-state index contributed by atoms with van der Waals surface area (Å²) in [5.41, 5.74) is 1.49. The molecule has 2 aliphatic rings. The van der Waals surface area contributed by atoms with E-state index in [0.29, 0.717) is 18.8 Å². The molecule has 5 heteroatoms. The maximum Gasteiger partial charge on any atom is 0.123 e. The third-order valence-electron chi connectivity index (χ3n) is 4.31. The Balaban J connectivity index is 1.86. The Morgan fingerprint density at radius 2 is 2.23 bits per heavy atom. The quantitative estimate of drug-likeness (QED) is 0.854. The van der Waals surface area contributed by atoms with Gasteiger partial charge in [0.15, 0.2) is 0 Å². The standard InChI is InChI=1S/C17H22N2O3/c1-17(2)11-19(14-9-21-10-16(14)22-17)8-13-6-12(7-18)4-5-15(13)20-3/h4-6,14,16H,8-11H2,1-3H3/t14-,16-/m1/s1. The molecule has 1 aromatic carbocycles. The van der Waals surface area contributed by atoms with Gasteiger partial charge in [0.25, 0.3) is 0 Å². The number of fused-ring (bicyclic) bond motifs is 1. The van der Waals surface area contributed by atoms with Crippen LogP contribution in [0.3, 0.4) is 0 Å². The minimum absolute atomic E-state index is 0.119. The molecule has 2 heterocycles. The molecule has 0 bridgehead atoms. The Kier molecular flexibility index (Phi) is 4.09. The van der Waals surface area contributed by atoms with Crippen molar-refractivity contribution in [3.8, 4) is 11.8 Å². The third-order valence-corrected chi connectivity index (χ3v) is 4.31. The summed E-state index contributed by atoms with van der Waals surface area (Å²) in [6.07, 6.45) is 0.119. The number of methoxy groups -OCH3 is 1. The van der Waals surface area contributed by atoms with Crippen LogP contribution >= 0.6 is 0 Å². The Hall–Kier alpha value is -1.61. The average molecular weight is 302 g/mol. The number of nitriles is 1. The molecule has 2 saturated heterocycles. The van der Waals surface area contributed by atoms with Crippen molar-refractivity contribution in [2.75, 3.05) is 26.9 Å². The van der Waals surface area contributed by atoms with Gasteiger partial charge in [-0.2, -0.15) is 5.26 Å². The number of hydrogen-bond acceptors (Lipinski definition) is 5. The van der Waals surface area contributed by atoms with Gasteiger partial charge in [-0.15, -0.1) is 0 Å². The van der Waals surface area contributed by atoms with Crippen LogP contribution in [0.4, 0.5) is 0 Å². The average Bonchev–Trinajstić information content (AvgIpc) is 2.94. The molecule has 0 saturated carbocycles. The SMILES string of the molecule is COc1ccc(C#N)cc1CN1CC(C)(C)O[C@@H]2COC[C@H]21. The fourth-order valence-electron chi connectivity index (χ4n) is 3.39. The number of ether oxygens (including phenoxy) is 3. The lowest BCUT2D eigenvalue weighted by Gasteiger charge is -2.45. The van der Waals surface area contributed by atoms with Crippen LogP contribution in [-0.2, 0) is 16.0 Å². The van der Waals surface area contributed by atoms with Gasteiger partial charge in [0.2, 0.25) is 0 Å². The van der Waals surface area contributed by atoms with Crippen molar-refractivity contribution < 1.29 is 14.2 Å². The summed E-state index contributed by atoms with van der Waals surface area (Å²) < 4.78 is 17.2. The van der Waals surface area contributed by atoms with Gasteiger partial charge < -0.3 is 14.2 Å². The van der Waals surface area contributed by atoms with E-state index in [2.05, 4.69) is 24.8 Å². The van der Waals surface area contributed by atoms with Crippen LogP contribution in [0.5, 0.6) is 5.75 Å². The molecular formula is C17H22N2O3. The first kappa shape index (κ1) is 15.3. The summed E-state index contributed by atoms with van der Waals surface area (Å²) in [5.74, 6) is 0.818. The summed E-state index contributed by atoms with van der Waals surface area (Å²) in [4.78, 5) is 2.39. The first-order chi connectivity index (χ1) is 10.5. The maximum absolute atomic E-state index is 9.12. The van der Waals surface area contributed by atoms with Gasteiger partial charge in [0, 0.05) is 18.7 Å². The van der Waals surface area contributed by atoms with E-state index in [1.54, 1.807) is 13.2 Å². The Morgan fingerprint density at radius 1 is 1.41 bits per heavy atom. The van der Waals surface area contributed by atoms with Crippen molar-refractivity contribution in [1.82, 2.24) is 4.90 Å². The minimum Gasteiger partial charge on any atom is -0.496 e. The van der Waals surface area contributed by atoms with E-state index < -0.39 is 0 Å². The van der Waals surface area contributed by atoms with Crippen LogP contribution in [0.25, 0.3) is 0 Å². The molecule has 0 radical (unpaired) electrons. The fraction of sp³-hybridized carbons (Fsp3) is 0.588. The van der Waals surface area contributed by atoms with Crippen molar-refractivity contribution in [1.29, 1.82) is 5.26 Å². The fourth-order valence-corrected chi connectivity index (χ4v) is 3.39. The topological polar surface area (TPSA) is 54.7 Å². The molecule has 0 spiro atoms. The highest BCUT2D eigenvalue weighted by atomic mass is 16.6. The molecule has 0 aromatic heterocycles. The molecule has 1 aromatic rings. The summed E-state index contributed by atoms with van der Waals surface area (Å²) in [6.45, 7) is 7.13. The number of rotatable bonds is 3. The van der Waals surface area contributed by atoms with Crippen molar-refractivity contribution in [2.24, 2.45) is 0 Å². The van der Waals surface area contributed by atoms with Crippen LogP contribution in [-0.4, -0.2) is 49.5 Å². The van der Waals surface area contributed by atoms with Crippen molar-refractivity contribution >= 4 is 0 Å². The van der Waals surface area contributed by atoms with E-state index in [0.717, 1.165) is 24.4 Å². The largest absolute Gasteiger partial charge is 0.496 e. The minimum atomic E-state index is -0.199. The van der Waals surface area contributed by atoms with Gasteiger partial charge in [0.05, 0.1) is 49.7 Å². The molecule has 2 fully saturated rings. The van der Waals surface area contributed by atoms with Gasteiger partial charge in [0.1, 0.15) is 5.75 Å². The van der Waals surface area contributed by atoms with Gasteiger partial charge in [-0.05, 0) is 32.0 Å². The molecule has 0 aliphatic carbocycles. The van der Waals surface area contributed by atoms with E-state index in [9.17, 15) is 0 Å². The van der Waals surface area contributed by atoms with Gasteiger partial charge >= 0.3 is 0 Å². The van der Waals surface area contributed by atoms with E-state index in [1.807, 2.05) is 12.1 Å². The Morgan fingerprint density at radius 3 is 2.95 bits per heavy atom. The van der Waals surface area contributed by atoms with Crippen LogP contribution in [0.2, 0.25) is 0 Å². The van der Waals surface area contributed by atoms with Crippen LogP contribution in [0.15, 0.2) is 18.2 Å². The summed E-state index contributed by atoms with van der Waals surface area (Å²) in [7, 11) is 1.66. The Bertz CT molecular complexity index is 594. The first-order valence-electron chi connectivity index (χ1n) is 7.59. The highest BCUT2D eigenvalue weighted by Gasteiger charge is 2.44. The monoisotopic (exact) mass is 302 g/mol. The molecule has 0 N–H and O–H groups in total. The smallest absolute Gasteiger partial charge is 0.123 e. The van der Waals surface area contributed by atoms with E-state index in [4.69, 9.17) is 19.5 Å². The molecule has 0 amide bonds. The lowest BCUT2D eigenvalue weighted by molar-refractivity contribution is -0.151. The van der Waals surface area contributed by atoms with Gasteiger partial charge in [-0.25, -0.2) is 0 Å². The van der Waals surface area contributed by atoms with E-state index >= 15 is 0 Å². The van der Waals surface area contributed by atoms with E-state index in [1.165, 1.54) is 0 Å². The second kappa shape index (κ2) is 5.88. The summed E-state index contributed by atoms with van der Waals surface area (Å²) in [5, 5.41) is 9.12. The Labute approximate surface area is 131 Å². The van der Waals surface area contributed by atoms with Crippen molar-refractivity contribution in [2.45, 2.75) is 38.1 Å². The van der Waals surface area contributed by atoms with Crippen LogP contribution < -0.4 is 4.74 Å². The molecule has 118 valence electrons. The number of morpholine rings is 1. The zero-order chi connectivity index (χ0) is 15.7. The second-order valence-electron chi connectivity index (χ2n) is 6.56. The highest BCUT2D eigenvalue weighted by molar-refractivity contribution is 5.42. The van der Waals surface area contributed by atoms with E-state index in [-0.39, 0.29) is 17.7 Å². The first-order valence-corrected chi connectivity index (χ1v) is 7.59. The molecular weight excluding hydrogens is 280 g/mol. The summed E-state index contributed by atoms with van der Waals surface area (Å²) in [6, 6.07) is 8.02. The third kappa shape index (κ3) is 2.95. The lowest BCUT2D eigenvalue weighted by Crippen LogP contribution is -2.57. The summed E-state index contributed by atoms with van der Waals surface area (Å²) >= 11 is 0. The van der Waals surface area contributed by atoms with Crippen LogP contribution in [0.1, 0.15) is 25.0 Å². The van der Waals surface area contributed by atoms with Gasteiger partial charge in [-0.3, -0.25) is 4.90 Å². The highest BCUT2D eigenvalue weighted by Crippen LogP contribution is 2.32. The zero-order valence-corrected chi connectivity index (χ0v) is 13.3. The predicted octanol–water partition coefficient (Wildman–Crippen LogP) is 1.95. The normalized spacial score (nSPS) is 27.2. The van der Waals surface area contributed by atoms with Crippen molar-refractivity contribution in [3.05, 3.63) is 29.3 Å². The molecule has 2 aliphatic heterocycles. The van der Waals surface area contributed by atoms with Crippen LogP contribution in [0, 0.1) is 11.3 Å². The molecule has 0 unspecified atom stereocenters. The van der Waals surface area contributed by atoms with Crippen molar-refractivity contribution in [3.63, 3.8) is 0 Å². The molecule has 3 rings (SSSR count). The molecule has 2 atom stereocenters. The maximum atomic E-state index is 9.12. The molecule has 5 nitrogen and oxygen atoms in total. The zero-order valence-electron chi connectivity index (χ0n) is 13.3. The second-order valence-corrected chi connectivity index (χ2v) is 6.56. The number of benzene rings is 1. The lowest BCUT2D eigenvalue weighted by atomic mass is 9.99. The van der Waals surface area contributed by atoms with Gasteiger partial charge in [-0.1, -0.05) is 0 Å².